The maximum absolute atomic E-state index is 12.6. The molecule has 0 aliphatic carbocycles. The molecule has 3 aromatic heterocycles. The number of fused-ring (bicyclic) bond motifs is 1. The first kappa shape index (κ1) is 25.8. The number of amides is 1. The van der Waals surface area contributed by atoms with E-state index < -0.39 is 18.7 Å². The first-order valence-corrected chi connectivity index (χ1v) is 12.0. The molecule has 1 amide bonds. The lowest BCUT2D eigenvalue weighted by Gasteiger charge is -2.12. The molecule has 0 aliphatic rings. The van der Waals surface area contributed by atoms with Crippen molar-refractivity contribution in [2.24, 2.45) is 0 Å². The van der Waals surface area contributed by atoms with Crippen molar-refractivity contribution in [2.45, 2.75) is 6.18 Å². The lowest BCUT2D eigenvalue weighted by molar-refractivity contribution is -0.153. The van der Waals surface area contributed by atoms with Gasteiger partial charge in [-0.2, -0.15) is 13.2 Å². The summed E-state index contributed by atoms with van der Waals surface area (Å²) in [6.45, 7) is -1.49. The largest absolute Gasteiger partial charge is 0.493 e. The molecule has 4 rings (SSSR count). The number of thiophene rings is 1. The second kappa shape index (κ2) is 10.7. The summed E-state index contributed by atoms with van der Waals surface area (Å²) < 4.78 is 59.6. The number of rotatable bonds is 8. The monoisotopic (exact) mass is 631 g/mol. The summed E-state index contributed by atoms with van der Waals surface area (Å²) in [7, 11) is 3.06. The van der Waals surface area contributed by atoms with Crippen LogP contribution < -0.4 is 24.3 Å². The van der Waals surface area contributed by atoms with E-state index in [4.69, 9.17) is 18.9 Å². The fraction of sp³-hybridized carbons (Fsp3) is 0.174. The minimum Gasteiger partial charge on any atom is -0.493 e. The molecule has 0 saturated carbocycles. The number of halogens is 4. The summed E-state index contributed by atoms with van der Waals surface area (Å²) in [6, 6.07) is 9.64. The van der Waals surface area contributed by atoms with Crippen molar-refractivity contribution in [3.63, 3.8) is 0 Å². The predicted octanol–water partition coefficient (Wildman–Crippen LogP) is 6.30. The molecular weight excluding hydrogens is 614 g/mol. The number of methoxy groups -OCH3 is 2. The van der Waals surface area contributed by atoms with Gasteiger partial charge in [-0.15, -0.1) is 11.3 Å². The van der Waals surface area contributed by atoms with E-state index in [2.05, 4.69) is 15.3 Å². The van der Waals surface area contributed by atoms with Crippen LogP contribution in [0.4, 0.5) is 19.0 Å². The van der Waals surface area contributed by atoms with Gasteiger partial charge in [0, 0.05) is 23.7 Å². The zero-order chi connectivity index (χ0) is 25.9. The Labute approximate surface area is 220 Å². The number of benzene rings is 1. The average Bonchev–Trinajstić information content (AvgIpc) is 3.23. The van der Waals surface area contributed by atoms with E-state index in [1.165, 1.54) is 32.5 Å². The highest BCUT2D eigenvalue weighted by molar-refractivity contribution is 14.1. The van der Waals surface area contributed by atoms with E-state index in [1.807, 2.05) is 22.6 Å². The Bertz CT molecular complexity index is 1400. The predicted molar refractivity (Wildman–Crippen MR) is 136 cm³/mol. The summed E-state index contributed by atoms with van der Waals surface area (Å²) in [5.41, 5.74) is 0.635. The first-order valence-electron chi connectivity index (χ1n) is 10.1. The smallest absolute Gasteiger partial charge is 0.422 e. The summed E-state index contributed by atoms with van der Waals surface area (Å²) in [4.78, 5) is 21.2. The number of aromatic nitrogens is 2. The van der Waals surface area contributed by atoms with E-state index in [-0.39, 0.29) is 16.4 Å². The molecular formula is C23H17F3IN3O5S. The second-order valence-electron chi connectivity index (χ2n) is 7.12. The SMILES string of the molecule is COc1cc2nccc(Oc3ccc(NC(=O)c4sc(I)cc4OCC(F)(F)F)nc3)c2cc1OC. The lowest BCUT2D eigenvalue weighted by atomic mass is 10.2. The maximum Gasteiger partial charge on any atom is 0.422 e. The van der Waals surface area contributed by atoms with Gasteiger partial charge in [0.25, 0.3) is 5.91 Å². The molecule has 13 heteroatoms. The Morgan fingerprint density at radius 3 is 2.44 bits per heavy atom. The van der Waals surface area contributed by atoms with Gasteiger partial charge in [-0.3, -0.25) is 9.78 Å². The summed E-state index contributed by atoms with van der Waals surface area (Å²) >= 11 is 2.91. The number of nitrogens with zero attached hydrogens (tertiary/aromatic N) is 2. The van der Waals surface area contributed by atoms with Gasteiger partial charge in [0.15, 0.2) is 18.1 Å². The van der Waals surface area contributed by atoms with Crippen LogP contribution in [0.1, 0.15) is 9.67 Å². The van der Waals surface area contributed by atoms with Crippen molar-refractivity contribution in [2.75, 3.05) is 26.1 Å². The Kier molecular flexibility index (Phi) is 7.68. The number of carbonyl (C=O) groups is 1. The minimum absolute atomic E-state index is 0.0124. The van der Waals surface area contributed by atoms with Crippen LogP contribution in [0.5, 0.6) is 28.7 Å². The third-order valence-corrected chi connectivity index (χ3v) is 6.55. The first-order chi connectivity index (χ1) is 17.2. The van der Waals surface area contributed by atoms with Gasteiger partial charge in [-0.25, -0.2) is 4.98 Å². The van der Waals surface area contributed by atoms with Crippen molar-refractivity contribution >= 4 is 56.6 Å². The number of ether oxygens (including phenoxy) is 4. The molecule has 1 aromatic carbocycles. The molecule has 0 bridgehead atoms. The molecule has 0 aliphatic heterocycles. The van der Waals surface area contributed by atoms with Crippen molar-refractivity contribution in [1.29, 1.82) is 0 Å². The number of pyridine rings is 2. The number of nitrogens with one attached hydrogen (secondary N) is 1. The fourth-order valence-corrected chi connectivity index (χ4v) is 4.79. The van der Waals surface area contributed by atoms with E-state index in [9.17, 15) is 18.0 Å². The van der Waals surface area contributed by atoms with Crippen LogP contribution in [0.15, 0.2) is 48.8 Å². The molecule has 3 heterocycles. The quantitative estimate of drug-likeness (QED) is 0.229. The third-order valence-electron chi connectivity index (χ3n) is 4.68. The maximum atomic E-state index is 12.6. The molecule has 0 radical (unpaired) electrons. The molecule has 0 unspecified atom stereocenters. The lowest BCUT2D eigenvalue weighted by Crippen LogP contribution is -2.20. The highest BCUT2D eigenvalue weighted by atomic mass is 127. The third kappa shape index (κ3) is 6.07. The summed E-state index contributed by atoms with van der Waals surface area (Å²) in [5.74, 6) is 1.33. The van der Waals surface area contributed by atoms with Gasteiger partial charge < -0.3 is 24.3 Å². The Morgan fingerprint density at radius 2 is 1.78 bits per heavy atom. The Balaban J connectivity index is 1.49. The highest BCUT2D eigenvalue weighted by Crippen LogP contribution is 2.37. The van der Waals surface area contributed by atoms with Crippen molar-refractivity contribution in [3.8, 4) is 28.7 Å². The highest BCUT2D eigenvalue weighted by Gasteiger charge is 2.30. The molecule has 1 N–H and O–H groups in total. The number of alkyl halides is 3. The van der Waals surface area contributed by atoms with Crippen molar-refractivity contribution in [1.82, 2.24) is 9.97 Å². The topological polar surface area (TPSA) is 91.8 Å². The zero-order valence-corrected chi connectivity index (χ0v) is 21.7. The number of hydrogen-bond donors (Lipinski definition) is 1. The molecule has 8 nitrogen and oxygen atoms in total. The van der Waals surface area contributed by atoms with Crippen LogP contribution in [0, 0.1) is 2.88 Å². The number of anilines is 1. The van der Waals surface area contributed by atoms with Crippen LogP contribution >= 0.6 is 33.9 Å². The van der Waals surface area contributed by atoms with Crippen molar-refractivity contribution < 1.29 is 36.9 Å². The van der Waals surface area contributed by atoms with Gasteiger partial charge in [-0.1, -0.05) is 0 Å². The van der Waals surface area contributed by atoms with Crippen LogP contribution in [-0.4, -0.2) is 42.9 Å². The van der Waals surface area contributed by atoms with E-state index in [0.29, 0.717) is 36.8 Å². The van der Waals surface area contributed by atoms with Crippen LogP contribution in [0.3, 0.4) is 0 Å². The fourth-order valence-electron chi connectivity index (χ4n) is 3.12. The normalized spacial score (nSPS) is 11.3. The van der Waals surface area contributed by atoms with Gasteiger partial charge in [-0.05, 0) is 46.9 Å². The number of carbonyl (C=O) groups excluding carboxylic acids is 1. The Hall–Kier alpha value is -3.33. The molecule has 0 spiro atoms. The standard InChI is InChI=1S/C23H17F3IN3O5S/c1-32-16-7-13-14(8-17(16)33-2)28-6-5-15(13)35-12-3-4-20(29-10-12)30-22(31)21-18(9-19(27)36-21)34-11-23(24,25)26/h3-10H,11H2,1-2H3,(H,29,30,31). The number of hydrogen-bond acceptors (Lipinski definition) is 8. The molecule has 188 valence electrons. The second-order valence-corrected chi connectivity index (χ2v) is 10.1. The average molecular weight is 631 g/mol. The molecule has 0 saturated heterocycles. The van der Waals surface area contributed by atoms with Crippen LogP contribution in [-0.2, 0) is 0 Å². The summed E-state index contributed by atoms with van der Waals surface area (Å²) in [5, 5.41) is 3.24. The van der Waals surface area contributed by atoms with Gasteiger partial charge in [0.2, 0.25) is 0 Å². The van der Waals surface area contributed by atoms with E-state index in [1.54, 1.807) is 30.5 Å². The zero-order valence-electron chi connectivity index (χ0n) is 18.7. The molecule has 4 aromatic rings. The van der Waals surface area contributed by atoms with Crippen molar-refractivity contribution in [3.05, 3.63) is 56.6 Å². The van der Waals surface area contributed by atoms with E-state index in [0.717, 1.165) is 11.3 Å². The van der Waals surface area contributed by atoms with Crippen LogP contribution in [0.25, 0.3) is 10.9 Å². The summed E-state index contributed by atoms with van der Waals surface area (Å²) in [6.07, 6.45) is -1.52. The van der Waals surface area contributed by atoms with Crippen LogP contribution in [0.2, 0.25) is 0 Å². The molecule has 0 atom stereocenters. The van der Waals surface area contributed by atoms with E-state index >= 15 is 0 Å². The minimum atomic E-state index is -4.52. The molecule has 0 fully saturated rings. The van der Waals surface area contributed by atoms with Gasteiger partial charge in [0.1, 0.15) is 27.9 Å². The Morgan fingerprint density at radius 1 is 1.03 bits per heavy atom. The molecule has 36 heavy (non-hydrogen) atoms. The van der Waals surface area contributed by atoms with Gasteiger partial charge >= 0.3 is 6.18 Å². The van der Waals surface area contributed by atoms with Gasteiger partial charge in [0.05, 0.1) is 28.8 Å².